The van der Waals surface area contributed by atoms with Crippen molar-refractivity contribution in [2.75, 3.05) is 6.26 Å². The van der Waals surface area contributed by atoms with Crippen molar-refractivity contribution in [3.63, 3.8) is 0 Å². The number of aromatic nitrogens is 2. The van der Waals surface area contributed by atoms with Gasteiger partial charge >= 0.3 is 0 Å². The summed E-state index contributed by atoms with van der Waals surface area (Å²) in [6, 6.07) is 4.42. The van der Waals surface area contributed by atoms with E-state index in [4.69, 9.17) is 0 Å². The van der Waals surface area contributed by atoms with Crippen LogP contribution in [0.1, 0.15) is 55.0 Å². The van der Waals surface area contributed by atoms with Gasteiger partial charge in [-0.2, -0.15) is 11.8 Å². The molecule has 1 atom stereocenters. The molecule has 0 aromatic carbocycles. The van der Waals surface area contributed by atoms with Crippen LogP contribution in [0.3, 0.4) is 0 Å². The second kappa shape index (κ2) is 6.21. The molecular weight excluding hydrogens is 264 g/mol. The number of rotatable bonds is 4. The third kappa shape index (κ3) is 2.73. The molecule has 108 valence electrons. The minimum Gasteiger partial charge on any atom is -0.302 e. The third-order valence-electron chi connectivity index (χ3n) is 4.70. The molecular formula is C17H24N2S. The van der Waals surface area contributed by atoms with Crippen molar-refractivity contribution in [2.45, 2.75) is 50.7 Å². The molecule has 0 spiro atoms. The lowest BCUT2D eigenvalue weighted by Crippen LogP contribution is -2.12. The first-order valence-corrected chi connectivity index (χ1v) is 9.02. The highest BCUT2D eigenvalue weighted by atomic mass is 32.2. The predicted molar refractivity (Wildman–Crippen MR) is 87.4 cm³/mol. The van der Waals surface area contributed by atoms with E-state index < -0.39 is 0 Å². The second-order valence-electron chi connectivity index (χ2n) is 6.05. The summed E-state index contributed by atoms with van der Waals surface area (Å²) in [4.78, 5) is 4.32. The summed E-state index contributed by atoms with van der Waals surface area (Å²) in [6.07, 6.45) is 14.7. The average molecular weight is 288 g/mol. The summed E-state index contributed by atoms with van der Waals surface area (Å²) in [5.74, 6) is 0.916. The first kappa shape index (κ1) is 14.0. The van der Waals surface area contributed by atoms with Crippen LogP contribution in [0.25, 0.3) is 5.52 Å². The molecule has 3 rings (SSSR count). The number of hydrogen-bond donors (Lipinski definition) is 0. The van der Waals surface area contributed by atoms with Gasteiger partial charge in [-0.1, -0.05) is 38.2 Å². The fraction of sp³-hybridized carbons (Fsp3) is 0.588. The monoisotopic (exact) mass is 288 g/mol. The van der Waals surface area contributed by atoms with Gasteiger partial charge in [0.1, 0.15) is 0 Å². The molecule has 3 heteroatoms. The Hall–Kier alpha value is -0.960. The van der Waals surface area contributed by atoms with Crippen LogP contribution in [0, 0.1) is 12.8 Å². The van der Waals surface area contributed by atoms with Gasteiger partial charge in [0, 0.05) is 10.9 Å². The summed E-state index contributed by atoms with van der Waals surface area (Å²) < 4.78 is 2.29. The highest BCUT2D eigenvalue weighted by Gasteiger charge is 2.22. The Morgan fingerprint density at radius 2 is 2.10 bits per heavy atom. The van der Waals surface area contributed by atoms with Crippen molar-refractivity contribution in [3.8, 4) is 0 Å². The fourth-order valence-electron chi connectivity index (χ4n) is 3.57. The molecule has 0 bridgehead atoms. The molecule has 0 N–H and O–H groups in total. The molecule has 1 saturated carbocycles. The van der Waals surface area contributed by atoms with Crippen LogP contribution in [0.5, 0.6) is 0 Å². The van der Waals surface area contributed by atoms with Crippen molar-refractivity contribution in [3.05, 3.63) is 35.9 Å². The maximum atomic E-state index is 4.32. The number of pyridine rings is 1. The predicted octanol–water partition coefficient (Wildman–Crippen LogP) is 5.02. The first-order valence-electron chi connectivity index (χ1n) is 7.74. The van der Waals surface area contributed by atoms with E-state index in [-0.39, 0.29) is 0 Å². The van der Waals surface area contributed by atoms with Crippen LogP contribution in [0.15, 0.2) is 24.7 Å². The van der Waals surface area contributed by atoms with Gasteiger partial charge in [0.15, 0.2) is 0 Å². The van der Waals surface area contributed by atoms with Crippen molar-refractivity contribution >= 4 is 17.3 Å². The number of imidazole rings is 1. The van der Waals surface area contributed by atoms with Crippen molar-refractivity contribution in [1.29, 1.82) is 0 Å². The lowest BCUT2D eigenvalue weighted by Gasteiger charge is -2.27. The number of thioether (sulfide) groups is 1. The molecule has 1 fully saturated rings. The molecule has 1 aliphatic carbocycles. The van der Waals surface area contributed by atoms with Gasteiger partial charge < -0.3 is 4.40 Å². The molecule has 1 unspecified atom stereocenters. The Morgan fingerprint density at radius 3 is 2.85 bits per heavy atom. The van der Waals surface area contributed by atoms with Gasteiger partial charge in [-0.15, -0.1) is 0 Å². The zero-order valence-electron chi connectivity index (χ0n) is 12.5. The number of fused-ring (bicyclic) bond motifs is 1. The van der Waals surface area contributed by atoms with Gasteiger partial charge in [-0.25, -0.2) is 4.98 Å². The smallest absolute Gasteiger partial charge is 0.0994 e. The third-order valence-corrected chi connectivity index (χ3v) is 5.68. The van der Waals surface area contributed by atoms with Crippen molar-refractivity contribution in [1.82, 2.24) is 9.38 Å². The van der Waals surface area contributed by atoms with E-state index in [1.165, 1.54) is 55.3 Å². The highest BCUT2D eigenvalue weighted by Crippen LogP contribution is 2.39. The SMILES string of the molecule is CSC(CC1CCCCC1)c1c(C)ccc2cncn12. The molecule has 2 nitrogen and oxygen atoms in total. The Balaban J connectivity index is 1.89. The first-order chi connectivity index (χ1) is 9.79. The molecule has 2 aromatic rings. The molecule has 0 aliphatic heterocycles. The molecule has 0 amide bonds. The minimum atomic E-state index is 0.594. The molecule has 2 heterocycles. The maximum Gasteiger partial charge on any atom is 0.0994 e. The van der Waals surface area contributed by atoms with E-state index in [0.29, 0.717) is 5.25 Å². The van der Waals surface area contributed by atoms with Gasteiger partial charge in [-0.3, -0.25) is 0 Å². The molecule has 0 radical (unpaired) electrons. The van der Waals surface area contributed by atoms with Crippen LogP contribution >= 0.6 is 11.8 Å². The summed E-state index contributed by atoms with van der Waals surface area (Å²) in [6.45, 7) is 2.23. The zero-order chi connectivity index (χ0) is 13.9. The number of hydrogen-bond acceptors (Lipinski definition) is 2. The van der Waals surface area contributed by atoms with E-state index in [1.807, 2.05) is 24.3 Å². The van der Waals surface area contributed by atoms with Crippen LogP contribution in [0.4, 0.5) is 0 Å². The molecule has 20 heavy (non-hydrogen) atoms. The molecule has 0 saturated heterocycles. The van der Waals surface area contributed by atoms with E-state index in [2.05, 4.69) is 34.7 Å². The Morgan fingerprint density at radius 1 is 1.30 bits per heavy atom. The summed E-state index contributed by atoms with van der Waals surface area (Å²) in [7, 11) is 0. The standard InChI is InChI=1S/C17H24N2S/c1-13-8-9-15-11-18-12-19(15)17(13)16(20-2)10-14-6-4-3-5-7-14/h8-9,11-12,14,16H,3-7,10H2,1-2H3. The molecule has 2 aromatic heterocycles. The number of aryl methyl sites for hydroxylation is 1. The van der Waals surface area contributed by atoms with Crippen LogP contribution in [-0.2, 0) is 0 Å². The summed E-state index contributed by atoms with van der Waals surface area (Å²) >= 11 is 2.00. The Labute approximate surface area is 126 Å². The van der Waals surface area contributed by atoms with Crippen molar-refractivity contribution in [2.24, 2.45) is 5.92 Å². The number of nitrogens with zero attached hydrogens (tertiary/aromatic N) is 2. The average Bonchev–Trinajstić information content (AvgIpc) is 2.95. The summed E-state index contributed by atoms with van der Waals surface area (Å²) in [5.41, 5.74) is 4.07. The van der Waals surface area contributed by atoms with Gasteiger partial charge in [-0.05, 0) is 37.1 Å². The van der Waals surface area contributed by atoms with E-state index >= 15 is 0 Å². The minimum absolute atomic E-state index is 0.594. The van der Waals surface area contributed by atoms with E-state index in [0.717, 1.165) is 5.92 Å². The van der Waals surface area contributed by atoms with Crippen LogP contribution in [-0.4, -0.2) is 15.6 Å². The van der Waals surface area contributed by atoms with E-state index in [1.54, 1.807) is 0 Å². The quantitative estimate of drug-likeness (QED) is 0.786. The van der Waals surface area contributed by atoms with E-state index in [9.17, 15) is 0 Å². The zero-order valence-corrected chi connectivity index (χ0v) is 13.3. The summed E-state index contributed by atoms with van der Waals surface area (Å²) in [5, 5.41) is 0.594. The van der Waals surface area contributed by atoms with Gasteiger partial charge in [0.2, 0.25) is 0 Å². The second-order valence-corrected chi connectivity index (χ2v) is 7.09. The van der Waals surface area contributed by atoms with Gasteiger partial charge in [0.25, 0.3) is 0 Å². The molecule has 1 aliphatic rings. The van der Waals surface area contributed by atoms with Crippen LogP contribution < -0.4 is 0 Å². The normalized spacial score (nSPS) is 18.5. The van der Waals surface area contributed by atoms with Crippen LogP contribution in [0.2, 0.25) is 0 Å². The largest absolute Gasteiger partial charge is 0.302 e. The van der Waals surface area contributed by atoms with Crippen molar-refractivity contribution < 1.29 is 0 Å². The maximum absolute atomic E-state index is 4.32. The Kier molecular flexibility index (Phi) is 4.35. The van der Waals surface area contributed by atoms with Gasteiger partial charge in [0.05, 0.1) is 18.0 Å². The topological polar surface area (TPSA) is 17.3 Å². The Bertz CT molecular complexity index is 569. The lowest BCUT2D eigenvalue weighted by molar-refractivity contribution is 0.336. The lowest BCUT2D eigenvalue weighted by atomic mass is 9.85. The fourth-order valence-corrected chi connectivity index (χ4v) is 4.56. The highest BCUT2D eigenvalue weighted by molar-refractivity contribution is 7.98.